The van der Waals surface area contributed by atoms with Gasteiger partial charge in [0.25, 0.3) is 5.91 Å². The Bertz CT molecular complexity index is 1770. The van der Waals surface area contributed by atoms with Gasteiger partial charge in [-0.05, 0) is 54.7 Å². The Hall–Kier alpha value is -3.37. The molecule has 2 fully saturated rings. The quantitative estimate of drug-likeness (QED) is 0.130. The standard InChI is InChI=1S/C31H31Cl2F2N3O8S2/c1-36(2)28(39)20-4-3-5-21(12-20)48(42,43)38-10-11-47-29(38)30(40)45-26(14-22-23(32)15-37(41)16-24(22)33)19-8-9-25(46-31(34)35)27(13-19)44-17-18-6-7-18/h3-5,8-9,12-13,15-16,18,26,29,31H,6-7,10-11,14,17H2,1-2H3. The number of aromatic nitrogens is 1. The molecule has 258 valence electrons. The van der Waals surface area contributed by atoms with Gasteiger partial charge < -0.3 is 24.3 Å². The molecule has 17 heteroatoms. The van der Waals surface area contributed by atoms with Gasteiger partial charge in [0, 0.05) is 43.9 Å². The lowest BCUT2D eigenvalue weighted by Gasteiger charge is -2.26. The second-order valence-corrected chi connectivity index (χ2v) is 15.2. The van der Waals surface area contributed by atoms with Crippen LogP contribution in [0.2, 0.25) is 10.0 Å². The zero-order valence-corrected chi connectivity index (χ0v) is 28.8. The largest absolute Gasteiger partial charge is 0.619 e. The summed E-state index contributed by atoms with van der Waals surface area (Å²) in [6, 6.07) is 9.59. The van der Waals surface area contributed by atoms with E-state index in [0.717, 1.165) is 41.3 Å². The van der Waals surface area contributed by atoms with Gasteiger partial charge in [-0.2, -0.15) is 17.8 Å². The van der Waals surface area contributed by atoms with Crippen molar-refractivity contribution in [3.05, 3.63) is 86.8 Å². The Morgan fingerprint density at radius 1 is 1.10 bits per heavy atom. The summed E-state index contributed by atoms with van der Waals surface area (Å²) in [5, 5.41) is 10.6. The number of carbonyl (C=O) groups is 2. The Morgan fingerprint density at radius 3 is 2.46 bits per heavy atom. The predicted molar refractivity (Wildman–Crippen MR) is 174 cm³/mol. The molecule has 1 aromatic heterocycles. The van der Waals surface area contributed by atoms with E-state index in [2.05, 4.69) is 4.74 Å². The number of halogens is 4. The van der Waals surface area contributed by atoms with Gasteiger partial charge in [0.05, 0.1) is 11.5 Å². The summed E-state index contributed by atoms with van der Waals surface area (Å²) in [5.41, 5.74) is 0.693. The maximum atomic E-state index is 13.8. The van der Waals surface area contributed by atoms with Crippen LogP contribution >= 0.6 is 35.0 Å². The number of amides is 1. The Labute approximate surface area is 290 Å². The van der Waals surface area contributed by atoms with Gasteiger partial charge in [-0.15, -0.1) is 11.8 Å². The van der Waals surface area contributed by atoms with Crippen molar-refractivity contribution >= 4 is 56.9 Å². The second-order valence-electron chi connectivity index (χ2n) is 11.3. The molecule has 0 spiro atoms. The number of nitrogens with zero attached hydrogens (tertiary/aromatic N) is 3. The molecule has 2 atom stereocenters. The van der Waals surface area contributed by atoms with Crippen LogP contribution in [0.15, 0.2) is 59.8 Å². The summed E-state index contributed by atoms with van der Waals surface area (Å²) >= 11 is 13.7. The van der Waals surface area contributed by atoms with E-state index >= 15 is 0 Å². The number of alkyl halides is 2. The summed E-state index contributed by atoms with van der Waals surface area (Å²) in [6.07, 6.45) is 2.66. The topological polar surface area (TPSA) is 129 Å². The fourth-order valence-electron chi connectivity index (χ4n) is 4.93. The van der Waals surface area contributed by atoms with Gasteiger partial charge in [0.15, 0.2) is 29.3 Å². The molecule has 1 aliphatic heterocycles. The monoisotopic (exact) mass is 745 g/mol. The molecule has 3 aromatic rings. The smallest absolute Gasteiger partial charge is 0.387 e. The van der Waals surface area contributed by atoms with Gasteiger partial charge in [0.1, 0.15) is 16.1 Å². The van der Waals surface area contributed by atoms with Crippen LogP contribution in [0, 0.1) is 11.1 Å². The van der Waals surface area contributed by atoms with Crippen LogP contribution in [0.3, 0.4) is 0 Å². The predicted octanol–water partition coefficient (Wildman–Crippen LogP) is 5.31. The van der Waals surface area contributed by atoms with E-state index in [1.807, 2.05) is 0 Å². The van der Waals surface area contributed by atoms with E-state index in [9.17, 15) is 32.0 Å². The first kappa shape index (κ1) is 35.9. The minimum atomic E-state index is -4.27. The van der Waals surface area contributed by atoms with E-state index in [0.29, 0.717) is 4.73 Å². The molecule has 48 heavy (non-hydrogen) atoms. The van der Waals surface area contributed by atoms with Gasteiger partial charge in [-0.3, -0.25) is 4.79 Å². The van der Waals surface area contributed by atoms with E-state index in [4.69, 9.17) is 32.7 Å². The molecule has 1 saturated carbocycles. The minimum absolute atomic E-state index is 0.00463. The molecule has 0 N–H and O–H groups in total. The average molecular weight is 747 g/mol. The van der Waals surface area contributed by atoms with Gasteiger partial charge in [-0.25, -0.2) is 13.2 Å². The number of pyridine rings is 1. The van der Waals surface area contributed by atoms with E-state index in [1.165, 1.54) is 47.4 Å². The van der Waals surface area contributed by atoms with E-state index in [1.54, 1.807) is 14.1 Å². The number of hydrogen-bond acceptors (Lipinski definition) is 9. The van der Waals surface area contributed by atoms with Crippen LogP contribution < -0.4 is 14.2 Å². The Morgan fingerprint density at radius 2 is 1.81 bits per heavy atom. The first-order valence-electron chi connectivity index (χ1n) is 14.7. The van der Waals surface area contributed by atoms with Gasteiger partial charge in [0.2, 0.25) is 10.0 Å². The molecule has 2 unspecified atom stereocenters. The number of thioether (sulfide) groups is 1. The molecule has 2 aliphatic rings. The fraction of sp³-hybridized carbons (Fsp3) is 0.387. The number of sulfonamides is 1. The number of ether oxygens (including phenoxy) is 3. The third-order valence-corrected chi connectivity index (χ3v) is 11.4. The van der Waals surface area contributed by atoms with Crippen LogP contribution in [-0.4, -0.2) is 74.5 Å². The van der Waals surface area contributed by atoms with Crippen LogP contribution in [0.1, 0.15) is 40.4 Å². The molecule has 0 bridgehead atoms. The fourth-order valence-corrected chi connectivity index (χ4v) is 8.62. The molecule has 0 radical (unpaired) electrons. The zero-order valence-electron chi connectivity index (χ0n) is 25.7. The average Bonchev–Trinajstić information content (AvgIpc) is 3.72. The lowest BCUT2D eigenvalue weighted by molar-refractivity contribution is -0.605. The Balaban J connectivity index is 1.47. The highest BCUT2D eigenvalue weighted by atomic mass is 35.5. The van der Waals surface area contributed by atoms with E-state index in [-0.39, 0.29) is 74.4 Å². The van der Waals surface area contributed by atoms with Crippen molar-refractivity contribution in [3.8, 4) is 11.5 Å². The normalized spacial score (nSPS) is 17.3. The summed E-state index contributed by atoms with van der Waals surface area (Å²) in [4.78, 5) is 27.5. The van der Waals surface area contributed by atoms with Crippen molar-refractivity contribution in [3.63, 3.8) is 0 Å². The van der Waals surface area contributed by atoms with Gasteiger partial charge >= 0.3 is 12.6 Å². The highest BCUT2D eigenvalue weighted by Gasteiger charge is 2.42. The third kappa shape index (κ3) is 8.43. The van der Waals surface area contributed by atoms with Crippen molar-refractivity contribution in [2.75, 3.05) is 33.0 Å². The van der Waals surface area contributed by atoms with Gasteiger partial charge in [-0.1, -0.05) is 35.3 Å². The summed E-state index contributed by atoms with van der Waals surface area (Å²) in [6.45, 7) is -2.87. The maximum absolute atomic E-state index is 13.8. The molecule has 1 amide bonds. The van der Waals surface area contributed by atoms with Crippen LogP contribution in [0.25, 0.3) is 0 Å². The minimum Gasteiger partial charge on any atom is -0.619 e. The molecule has 1 saturated heterocycles. The van der Waals surface area contributed by atoms with Crippen molar-refractivity contribution in [2.45, 2.75) is 42.2 Å². The van der Waals surface area contributed by atoms with Crippen LogP contribution in [0.5, 0.6) is 11.5 Å². The number of hydrogen-bond donors (Lipinski definition) is 0. The lowest BCUT2D eigenvalue weighted by Crippen LogP contribution is -2.40. The molecule has 1 aliphatic carbocycles. The van der Waals surface area contributed by atoms with Crippen LogP contribution in [0.4, 0.5) is 8.78 Å². The van der Waals surface area contributed by atoms with Crippen molar-refractivity contribution in [2.24, 2.45) is 5.92 Å². The lowest BCUT2D eigenvalue weighted by atomic mass is 10.0. The number of benzene rings is 2. The number of rotatable bonds is 13. The third-order valence-electron chi connectivity index (χ3n) is 7.58. The SMILES string of the molecule is CN(C)C(=O)c1cccc(S(=O)(=O)N2CCSC2C(=O)OC(Cc2c(Cl)c[n+]([O-])cc2Cl)c2ccc(OC(F)F)c(OCC3CC3)c2)c1. The molecular weight excluding hydrogens is 715 g/mol. The van der Waals surface area contributed by atoms with E-state index < -0.39 is 40.0 Å². The molecule has 11 nitrogen and oxygen atoms in total. The van der Waals surface area contributed by atoms with Crippen molar-refractivity contribution in [1.29, 1.82) is 0 Å². The highest BCUT2D eigenvalue weighted by molar-refractivity contribution is 8.02. The summed E-state index contributed by atoms with van der Waals surface area (Å²) < 4.78 is 71.8. The van der Waals surface area contributed by atoms with Crippen molar-refractivity contribution < 1.29 is 45.7 Å². The summed E-state index contributed by atoms with van der Waals surface area (Å²) in [5.74, 6) is -0.985. The summed E-state index contributed by atoms with van der Waals surface area (Å²) in [7, 11) is -1.19. The van der Waals surface area contributed by atoms with Crippen molar-refractivity contribution in [1.82, 2.24) is 9.21 Å². The van der Waals surface area contributed by atoms with Crippen LogP contribution in [-0.2, 0) is 26.0 Å². The molecule has 2 heterocycles. The number of esters is 1. The first-order valence-corrected chi connectivity index (χ1v) is 17.9. The molecular formula is C31H31Cl2F2N3O8S2. The highest BCUT2D eigenvalue weighted by Crippen LogP contribution is 2.39. The molecule has 2 aromatic carbocycles. The second kappa shape index (κ2) is 15.0. The Kier molecular flexibility index (Phi) is 11.2. The first-order chi connectivity index (χ1) is 22.7. The zero-order chi connectivity index (χ0) is 34.7. The number of carbonyl (C=O) groups excluding carboxylic acids is 2. The maximum Gasteiger partial charge on any atom is 0.387 e. The molecule has 5 rings (SSSR count).